The van der Waals surface area contributed by atoms with Crippen LogP contribution in [0.2, 0.25) is 5.02 Å². The predicted molar refractivity (Wildman–Crippen MR) is 98.3 cm³/mol. The number of ether oxygens (including phenoxy) is 3. The number of carbonyl (C=O) groups excluding carboxylic acids is 1. The minimum Gasteiger partial charge on any atom is -0.493 e. The van der Waals surface area contributed by atoms with E-state index in [2.05, 4.69) is 10.6 Å². The maximum Gasteiger partial charge on any atom is 0.319 e. The summed E-state index contributed by atoms with van der Waals surface area (Å²) in [5, 5.41) is 6.22. The van der Waals surface area contributed by atoms with Gasteiger partial charge in [-0.2, -0.15) is 0 Å². The summed E-state index contributed by atoms with van der Waals surface area (Å²) >= 11 is 6.10. The topological polar surface area (TPSA) is 68.8 Å². The molecule has 0 bridgehead atoms. The van der Waals surface area contributed by atoms with Gasteiger partial charge in [-0.25, -0.2) is 4.79 Å². The highest BCUT2D eigenvalue weighted by atomic mass is 35.5. The first-order valence-electron chi connectivity index (χ1n) is 7.67. The molecule has 2 aromatic carbocycles. The van der Waals surface area contributed by atoms with Crippen molar-refractivity contribution in [1.29, 1.82) is 0 Å². The third kappa shape index (κ3) is 4.93. The van der Waals surface area contributed by atoms with Crippen LogP contribution in [0.1, 0.15) is 5.56 Å². The molecule has 0 atom stereocenters. The van der Waals surface area contributed by atoms with Crippen LogP contribution in [0.25, 0.3) is 0 Å². The second kappa shape index (κ2) is 9.03. The van der Waals surface area contributed by atoms with Crippen LogP contribution in [-0.2, 0) is 6.42 Å². The lowest BCUT2D eigenvalue weighted by Gasteiger charge is -2.15. The molecule has 0 unspecified atom stereocenters. The molecular formula is C18H21ClN2O4. The Hall–Kier alpha value is -2.60. The van der Waals surface area contributed by atoms with Crippen LogP contribution < -0.4 is 24.8 Å². The van der Waals surface area contributed by atoms with Crippen molar-refractivity contribution in [2.45, 2.75) is 6.42 Å². The van der Waals surface area contributed by atoms with Crippen molar-refractivity contribution < 1.29 is 19.0 Å². The van der Waals surface area contributed by atoms with Crippen LogP contribution in [0.3, 0.4) is 0 Å². The number of amides is 2. The Labute approximate surface area is 152 Å². The number of carbonyl (C=O) groups is 1. The lowest BCUT2D eigenvalue weighted by atomic mass is 10.1. The average Bonchev–Trinajstić information content (AvgIpc) is 2.62. The van der Waals surface area contributed by atoms with Gasteiger partial charge in [-0.05, 0) is 18.1 Å². The van der Waals surface area contributed by atoms with Gasteiger partial charge in [0.2, 0.25) is 5.75 Å². The van der Waals surface area contributed by atoms with Crippen molar-refractivity contribution in [3.05, 3.63) is 47.0 Å². The summed E-state index contributed by atoms with van der Waals surface area (Å²) in [5.74, 6) is 1.40. The fourth-order valence-corrected chi connectivity index (χ4v) is 2.57. The van der Waals surface area contributed by atoms with E-state index in [1.165, 1.54) is 21.3 Å². The fourth-order valence-electron chi connectivity index (χ4n) is 2.34. The van der Waals surface area contributed by atoms with Crippen molar-refractivity contribution in [1.82, 2.24) is 5.32 Å². The normalized spacial score (nSPS) is 10.1. The predicted octanol–water partition coefficient (Wildman–Crippen LogP) is 3.73. The van der Waals surface area contributed by atoms with E-state index in [4.69, 9.17) is 25.8 Å². The summed E-state index contributed by atoms with van der Waals surface area (Å²) in [6.07, 6.45) is 0.641. The van der Waals surface area contributed by atoms with E-state index < -0.39 is 0 Å². The highest BCUT2D eigenvalue weighted by Crippen LogP contribution is 2.39. The maximum absolute atomic E-state index is 12.1. The molecule has 7 heteroatoms. The minimum atomic E-state index is -0.332. The molecule has 6 nitrogen and oxygen atoms in total. The van der Waals surface area contributed by atoms with Crippen molar-refractivity contribution in [2.24, 2.45) is 0 Å². The second-order valence-electron chi connectivity index (χ2n) is 5.14. The number of anilines is 1. The number of nitrogens with one attached hydrogen (secondary N) is 2. The van der Waals surface area contributed by atoms with E-state index >= 15 is 0 Å². The highest BCUT2D eigenvalue weighted by molar-refractivity contribution is 6.31. The molecule has 0 saturated heterocycles. The Morgan fingerprint density at radius 2 is 1.68 bits per heavy atom. The van der Waals surface area contributed by atoms with Gasteiger partial charge in [-0.15, -0.1) is 0 Å². The van der Waals surface area contributed by atoms with Gasteiger partial charge in [-0.1, -0.05) is 29.8 Å². The van der Waals surface area contributed by atoms with E-state index in [9.17, 15) is 4.79 Å². The van der Waals surface area contributed by atoms with Crippen LogP contribution in [0.5, 0.6) is 17.2 Å². The minimum absolute atomic E-state index is 0.332. The van der Waals surface area contributed by atoms with Gasteiger partial charge in [0.1, 0.15) is 0 Å². The number of hydrogen-bond acceptors (Lipinski definition) is 4. The van der Waals surface area contributed by atoms with Gasteiger partial charge >= 0.3 is 6.03 Å². The molecule has 0 aliphatic rings. The number of benzene rings is 2. The van der Waals surface area contributed by atoms with Crippen molar-refractivity contribution in [2.75, 3.05) is 33.2 Å². The van der Waals surface area contributed by atoms with E-state index in [-0.39, 0.29) is 6.03 Å². The maximum atomic E-state index is 12.1. The third-order valence-corrected chi connectivity index (χ3v) is 3.93. The quantitative estimate of drug-likeness (QED) is 0.785. The van der Waals surface area contributed by atoms with Gasteiger partial charge < -0.3 is 24.8 Å². The monoisotopic (exact) mass is 364 g/mol. The molecule has 2 rings (SSSR count). The summed E-state index contributed by atoms with van der Waals surface area (Å²) in [5.41, 5.74) is 1.52. The lowest BCUT2D eigenvalue weighted by Crippen LogP contribution is -2.30. The molecule has 2 amide bonds. The molecule has 0 aromatic heterocycles. The Balaban J connectivity index is 1.97. The molecule has 0 spiro atoms. The molecule has 2 N–H and O–H groups in total. The largest absolute Gasteiger partial charge is 0.493 e. The molecule has 0 aliphatic heterocycles. The molecule has 0 saturated carbocycles. The third-order valence-electron chi connectivity index (χ3n) is 3.56. The zero-order valence-electron chi connectivity index (χ0n) is 14.4. The number of halogens is 1. The molecule has 0 aliphatic carbocycles. The smallest absolute Gasteiger partial charge is 0.319 e. The zero-order chi connectivity index (χ0) is 18.2. The fraction of sp³-hybridized carbons (Fsp3) is 0.278. The molecule has 25 heavy (non-hydrogen) atoms. The molecule has 0 radical (unpaired) electrons. The van der Waals surface area contributed by atoms with E-state index in [1.807, 2.05) is 24.3 Å². The molecule has 0 fully saturated rings. The Bertz CT molecular complexity index is 712. The summed E-state index contributed by atoms with van der Waals surface area (Å²) < 4.78 is 15.8. The van der Waals surface area contributed by atoms with E-state index in [0.717, 1.165) is 5.56 Å². The zero-order valence-corrected chi connectivity index (χ0v) is 15.1. The second-order valence-corrected chi connectivity index (χ2v) is 5.54. The van der Waals surface area contributed by atoms with Crippen LogP contribution in [-0.4, -0.2) is 33.9 Å². The standard InChI is InChI=1S/C18H21ClN2O4/c1-23-15-10-13(11-16(24-2)17(15)25-3)21-18(22)20-9-8-12-6-4-5-7-14(12)19/h4-7,10-11H,8-9H2,1-3H3,(H2,20,21,22). The van der Waals surface area contributed by atoms with Gasteiger partial charge in [0, 0.05) is 23.7 Å². The Kier molecular flexibility index (Phi) is 6.77. The van der Waals surface area contributed by atoms with Gasteiger partial charge in [0.05, 0.1) is 27.0 Å². The van der Waals surface area contributed by atoms with Crippen molar-refractivity contribution in [3.8, 4) is 17.2 Å². The number of rotatable bonds is 7. The first-order valence-corrected chi connectivity index (χ1v) is 8.05. The number of urea groups is 1. The van der Waals surface area contributed by atoms with Gasteiger partial charge in [-0.3, -0.25) is 0 Å². The Morgan fingerprint density at radius 3 is 2.24 bits per heavy atom. The van der Waals surface area contributed by atoms with Crippen molar-refractivity contribution in [3.63, 3.8) is 0 Å². The van der Waals surface area contributed by atoms with Crippen LogP contribution in [0, 0.1) is 0 Å². The van der Waals surface area contributed by atoms with Crippen LogP contribution in [0.15, 0.2) is 36.4 Å². The molecular weight excluding hydrogens is 344 g/mol. The summed E-state index contributed by atoms with van der Waals surface area (Å²) in [6.45, 7) is 0.458. The molecule has 2 aromatic rings. The molecule has 0 heterocycles. The number of methoxy groups -OCH3 is 3. The van der Waals surface area contributed by atoms with Crippen molar-refractivity contribution >= 4 is 23.3 Å². The number of hydrogen-bond donors (Lipinski definition) is 2. The first kappa shape index (κ1) is 18.7. The summed E-state index contributed by atoms with van der Waals surface area (Å²) in [4.78, 5) is 12.1. The summed E-state index contributed by atoms with van der Waals surface area (Å²) in [7, 11) is 4.56. The van der Waals surface area contributed by atoms with Gasteiger partial charge in [0.15, 0.2) is 11.5 Å². The van der Waals surface area contributed by atoms with E-state index in [1.54, 1.807) is 12.1 Å². The highest BCUT2D eigenvalue weighted by Gasteiger charge is 2.14. The Morgan fingerprint density at radius 1 is 1.04 bits per heavy atom. The first-order chi connectivity index (χ1) is 12.1. The van der Waals surface area contributed by atoms with Crippen LogP contribution >= 0.6 is 11.6 Å². The molecule has 134 valence electrons. The average molecular weight is 365 g/mol. The summed E-state index contributed by atoms with van der Waals surface area (Å²) in [6, 6.07) is 10.5. The lowest BCUT2D eigenvalue weighted by molar-refractivity contribution is 0.252. The SMILES string of the molecule is COc1cc(NC(=O)NCCc2ccccc2Cl)cc(OC)c1OC. The van der Waals surface area contributed by atoms with Crippen LogP contribution in [0.4, 0.5) is 10.5 Å². The van der Waals surface area contributed by atoms with E-state index in [0.29, 0.717) is 40.9 Å². The van der Waals surface area contributed by atoms with Gasteiger partial charge in [0.25, 0.3) is 0 Å².